The molecule has 0 aliphatic rings. The molecule has 0 spiro atoms. The fourth-order valence-corrected chi connectivity index (χ4v) is 2.62. The number of pyridine rings is 1. The Kier molecular flexibility index (Phi) is 5.30. The highest BCUT2D eigenvalue weighted by Gasteiger charge is 2.26. The third-order valence-corrected chi connectivity index (χ3v) is 4.11. The van der Waals surface area contributed by atoms with Gasteiger partial charge in [-0.3, -0.25) is 4.79 Å². The van der Waals surface area contributed by atoms with Gasteiger partial charge in [0.1, 0.15) is 12.2 Å². The summed E-state index contributed by atoms with van der Waals surface area (Å²) in [7, 11) is 0. The maximum absolute atomic E-state index is 12.3. The molecule has 5 nitrogen and oxygen atoms in total. The molecule has 2 aromatic rings. The molecule has 2 N–H and O–H groups in total. The van der Waals surface area contributed by atoms with Crippen LogP contribution < -0.4 is 10.1 Å². The summed E-state index contributed by atoms with van der Waals surface area (Å²) in [5, 5.41) is 15.0. The average molecular weight is 318 g/mol. The van der Waals surface area contributed by atoms with Crippen LogP contribution in [0.25, 0.3) is 0 Å². The predicted molar refractivity (Wildman–Crippen MR) is 86.2 cm³/mol. The Morgan fingerprint density at radius 2 is 2.36 bits per heavy atom. The first-order valence-corrected chi connectivity index (χ1v) is 7.66. The molecular formula is C16H18N2O3S. The van der Waals surface area contributed by atoms with Gasteiger partial charge in [0.15, 0.2) is 11.4 Å². The van der Waals surface area contributed by atoms with Gasteiger partial charge in [0.05, 0.1) is 6.54 Å². The van der Waals surface area contributed by atoms with Gasteiger partial charge < -0.3 is 15.2 Å². The van der Waals surface area contributed by atoms with Crippen LogP contribution >= 0.6 is 11.3 Å². The third kappa shape index (κ3) is 3.93. The fraction of sp³-hybridized carbons (Fsp3) is 0.250. The van der Waals surface area contributed by atoms with E-state index in [1.165, 1.54) is 17.5 Å². The van der Waals surface area contributed by atoms with Gasteiger partial charge >= 0.3 is 0 Å². The van der Waals surface area contributed by atoms with Crippen molar-refractivity contribution in [2.24, 2.45) is 0 Å². The Labute approximate surface area is 133 Å². The van der Waals surface area contributed by atoms with Crippen LogP contribution in [0.15, 0.2) is 48.5 Å². The van der Waals surface area contributed by atoms with Gasteiger partial charge in [0, 0.05) is 11.1 Å². The Morgan fingerprint density at radius 3 is 3.05 bits per heavy atom. The smallest absolute Gasteiger partial charge is 0.273 e. The molecule has 0 saturated carbocycles. The van der Waals surface area contributed by atoms with Gasteiger partial charge in [-0.05, 0) is 30.5 Å². The SMILES string of the molecule is C=CCOc1cccnc1C(=O)NCC(C)(O)c1cccs1. The number of amides is 1. The Morgan fingerprint density at radius 1 is 1.55 bits per heavy atom. The lowest BCUT2D eigenvalue weighted by molar-refractivity contribution is 0.0554. The van der Waals surface area contributed by atoms with Crippen LogP contribution in [0.2, 0.25) is 0 Å². The van der Waals surface area contributed by atoms with Crippen LogP contribution in [0.3, 0.4) is 0 Å². The Balaban J connectivity index is 2.05. The van der Waals surface area contributed by atoms with Gasteiger partial charge in [-0.25, -0.2) is 4.98 Å². The maximum Gasteiger partial charge on any atom is 0.273 e. The van der Waals surface area contributed by atoms with Crippen molar-refractivity contribution in [3.8, 4) is 5.75 Å². The molecule has 0 radical (unpaired) electrons. The van der Waals surface area contributed by atoms with E-state index in [2.05, 4.69) is 16.9 Å². The van der Waals surface area contributed by atoms with Gasteiger partial charge in [0.25, 0.3) is 5.91 Å². The van der Waals surface area contributed by atoms with Crippen molar-refractivity contribution in [2.45, 2.75) is 12.5 Å². The summed E-state index contributed by atoms with van der Waals surface area (Å²) in [6, 6.07) is 7.05. The number of carbonyl (C=O) groups is 1. The summed E-state index contributed by atoms with van der Waals surface area (Å²) >= 11 is 1.44. The number of aromatic nitrogens is 1. The van der Waals surface area contributed by atoms with E-state index in [1.807, 2.05) is 17.5 Å². The molecule has 0 aliphatic carbocycles. The number of nitrogens with one attached hydrogen (secondary N) is 1. The minimum atomic E-state index is -1.12. The first-order chi connectivity index (χ1) is 10.5. The minimum Gasteiger partial charge on any atom is -0.487 e. The number of ether oxygens (including phenoxy) is 1. The number of hydrogen-bond acceptors (Lipinski definition) is 5. The molecule has 2 rings (SSSR count). The molecule has 1 atom stereocenters. The van der Waals surface area contributed by atoms with Crippen molar-refractivity contribution in [1.29, 1.82) is 0 Å². The van der Waals surface area contributed by atoms with Gasteiger partial charge in [0.2, 0.25) is 0 Å². The number of nitrogens with zero attached hydrogens (tertiary/aromatic N) is 1. The van der Waals surface area contributed by atoms with Crippen LogP contribution in [-0.2, 0) is 5.60 Å². The first-order valence-electron chi connectivity index (χ1n) is 6.78. The van der Waals surface area contributed by atoms with E-state index in [4.69, 9.17) is 4.74 Å². The zero-order chi connectivity index (χ0) is 16.0. The van der Waals surface area contributed by atoms with Crippen LogP contribution in [0.5, 0.6) is 5.75 Å². The summed E-state index contributed by atoms with van der Waals surface area (Å²) in [5.74, 6) is -0.00726. The molecule has 116 valence electrons. The maximum atomic E-state index is 12.3. The van der Waals surface area contributed by atoms with Crippen molar-refractivity contribution >= 4 is 17.2 Å². The Hall–Kier alpha value is -2.18. The Bertz CT molecular complexity index is 639. The van der Waals surface area contributed by atoms with E-state index < -0.39 is 11.5 Å². The minimum absolute atomic E-state index is 0.0871. The second-order valence-corrected chi connectivity index (χ2v) is 5.83. The summed E-state index contributed by atoms with van der Waals surface area (Å²) < 4.78 is 5.41. The van der Waals surface area contributed by atoms with Crippen LogP contribution in [0.4, 0.5) is 0 Å². The summed E-state index contributed by atoms with van der Waals surface area (Å²) in [4.78, 5) is 17.1. The molecule has 0 aliphatic heterocycles. The second kappa shape index (κ2) is 7.20. The lowest BCUT2D eigenvalue weighted by Crippen LogP contribution is -2.38. The quantitative estimate of drug-likeness (QED) is 0.769. The lowest BCUT2D eigenvalue weighted by atomic mass is 10.1. The van der Waals surface area contributed by atoms with E-state index in [0.29, 0.717) is 12.4 Å². The van der Waals surface area contributed by atoms with Crippen molar-refractivity contribution in [3.63, 3.8) is 0 Å². The van der Waals surface area contributed by atoms with Gasteiger partial charge in [-0.1, -0.05) is 18.7 Å². The van der Waals surface area contributed by atoms with E-state index >= 15 is 0 Å². The largest absolute Gasteiger partial charge is 0.487 e. The molecule has 0 fully saturated rings. The number of hydrogen-bond donors (Lipinski definition) is 2. The number of carbonyl (C=O) groups excluding carboxylic acids is 1. The first kappa shape index (κ1) is 16.2. The summed E-state index contributed by atoms with van der Waals surface area (Å²) in [5.41, 5.74) is -0.938. The lowest BCUT2D eigenvalue weighted by Gasteiger charge is -2.22. The van der Waals surface area contributed by atoms with E-state index in [1.54, 1.807) is 25.1 Å². The topological polar surface area (TPSA) is 71.5 Å². The van der Waals surface area contributed by atoms with Crippen molar-refractivity contribution in [3.05, 3.63) is 59.1 Å². The molecule has 2 aromatic heterocycles. The molecule has 1 amide bonds. The molecular weight excluding hydrogens is 300 g/mol. The van der Waals surface area contributed by atoms with Crippen LogP contribution in [-0.4, -0.2) is 29.1 Å². The van der Waals surface area contributed by atoms with Crippen LogP contribution in [0.1, 0.15) is 22.3 Å². The highest BCUT2D eigenvalue weighted by Crippen LogP contribution is 2.24. The normalized spacial score (nSPS) is 13.2. The molecule has 0 saturated heterocycles. The highest BCUT2D eigenvalue weighted by molar-refractivity contribution is 7.10. The van der Waals surface area contributed by atoms with Crippen molar-refractivity contribution in [2.75, 3.05) is 13.2 Å². The van der Waals surface area contributed by atoms with Gasteiger partial charge in [-0.15, -0.1) is 11.3 Å². The second-order valence-electron chi connectivity index (χ2n) is 4.88. The third-order valence-electron chi connectivity index (χ3n) is 2.99. The highest BCUT2D eigenvalue weighted by atomic mass is 32.1. The predicted octanol–water partition coefficient (Wildman–Crippen LogP) is 2.35. The standard InChI is InChI=1S/C16H18N2O3S/c1-3-9-21-12-6-4-8-17-14(12)15(19)18-11-16(2,20)13-7-5-10-22-13/h3-8,10,20H,1,9,11H2,2H3,(H,18,19). The van der Waals surface area contributed by atoms with E-state index in [-0.39, 0.29) is 12.2 Å². The monoisotopic (exact) mass is 318 g/mol. The molecule has 2 heterocycles. The van der Waals surface area contributed by atoms with Crippen LogP contribution in [0, 0.1) is 0 Å². The summed E-state index contributed by atoms with van der Waals surface area (Å²) in [6.45, 7) is 5.61. The molecule has 6 heteroatoms. The van der Waals surface area contributed by atoms with Crippen molar-refractivity contribution in [1.82, 2.24) is 10.3 Å². The van der Waals surface area contributed by atoms with Gasteiger partial charge in [-0.2, -0.15) is 0 Å². The fourth-order valence-electron chi connectivity index (χ4n) is 1.83. The molecule has 0 bridgehead atoms. The molecule has 22 heavy (non-hydrogen) atoms. The zero-order valence-corrected chi connectivity index (χ0v) is 13.1. The average Bonchev–Trinajstić information content (AvgIpc) is 3.06. The van der Waals surface area contributed by atoms with Crippen molar-refractivity contribution < 1.29 is 14.6 Å². The zero-order valence-electron chi connectivity index (χ0n) is 12.3. The number of thiophene rings is 1. The molecule has 0 aromatic carbocycles. The van der Waals surface area contributed by atoms with E-state index in [0.717, 1.165) is 4.88 Å². The molecule has 1 unspecified atom stereocenters. The number of aliphatic hydroxyl groups is 1. The van der Waals surface area contributed by atoms with E-state index in [9.17, 15) is 9.90 Å². The number of rotatable bonds is 7. The summed E-state index contributed by atoms with van der Waals surface area (Å²) in [6.07, 6.45) is 3.11.